The Morgan fingerprint density at radius 2 is 2.23 bits per heavy atom. The number of hydrogen-bond donors (Lipinski definition) is 1. The largest absolute Gasteiger partial charge is 0.381 e. The van der Waals surface area contributed by atoms with E-state index in [9.17, 15) is 4.79 Å². The molecule has 1 heterocycles. The topological polar surface area (TPSA) is 56.1 Å². The van der Waals surface area contributed by atoms with Crippen LogP contribution in [0.4, 0.5) is 0 Å². The molecule has 1 fully saturated rings. The Morgan fingerprint density at radius 1 is 1.42 bits per heavy atom. The van der Waals surface area contributed by atoms with Crippen LogP contribution in [0.1, 0.15) is 55.1 Å². The van der Waals surface area contributed by atoms with Crippen molar-refractivity contribution < 1.29 is 9.53 Å². The van der Waals surface area contributed by atoms with Gasteiger partial charge in [-0.3, -0.25) is 4.79 Å². The van der Waals surface area contributed by atoms with Crippen LogP contribution in [0.2, 0.25) is 5.02 Å². The van der Waals surface area contributed by atoms with Gasteiger partial charge in [0, 0.05) is 24.8 Å². The number of aromatic nitrogens is 2. The maximum absolute atomic E-state index is 12.6. The fraction of sp³-hybridized carbons (Fsp3) is 0.500. The van der Waals surface area contributed by atoms with Crippen LogP contribution in [-0.4, -0.2) is 35.4 Å². The number of halogens is 1. The number of hydrogen-bond acceptors (Lipinski definition) is 3. The molecule has 0 radical (unpaired) electrons. The van der Waals surface area contributed by atoms with E-state index in [4.69, 9.17) is 16.3 Å². The van der Waals surface area contributed by atoms with Gasteiger partial charge < -0.3 is 10.1 Å². The van der Waals surface area contributed by atoms with E-state index in [1.165, 1.54) is 12.8 Å². The van der Waals surface area contributed by atoms with Crippen LogP contribution in [0.3, 0.4) is 0 Å². The Hall–Kier alpha value is -1.85. The van der Waals surface area contributed by atoms with Gasteiger partial charge in [0.25, 0.3) is 5.91 Å². The van der Waals surface area contributed by atoms with Crippen LogP contribution in [0, 0.1) is 5.92 Å². The first kappa shape index (κ1) is 18.9. The number of ether oxygens (including phenoxy) is 1. The summed E-state index contributed by atoms with van der Waals surface area (Å²) < 4.78 is 7.40. The van der Waals surface area contributed by atoms with Crippen molar-refractivity contribution in [2.75, 3.05) is 19.8 Å². The lowest BCUT2D eigenvalue weighted by atomic mass is 10.0. The maximum atomic E-state index is 12.6. The second kappa shape index (κ2) is 8.69. The Morgan fingerprint density at radius 3 is 2.92 bits per heavy atom. The summed E-state index contributed by atoms with van der Waals surface area (Å²) in [6.45, 7) is 6.26. The molecule has 0 atom stereocenters. The Bertz CT molecular complexity index is 753. The zero-order chi connectivity index (χ0) is 18.5. The summed E-state index contributed by atoms with van der Waals surface area (Å²) in [6, 6.07) is 7.48. The number of amides is 1. The fourth-order valence-corrected chi connectivity index (χ4v) is 3.09. The SMILES string of the molecule is CC(C)c1c(C(=O)NCCCOCC2CC2)cnn1-c1cccc(Cl)c1. The van der Waals surface area contributed by atoms with Gasteiger partial charge in [-0.2, -0.15) is 5.10 Å². The zero-order valence-electron chi connectivity index (χ0n) is 15.4. The normalized spacial score (nSPS) is 14.0. The highest BCUT2D eigenvalue weighted by atomic mass is 35.5. The third-order valence-corrected chi connectivity index (χ3v) is 4.69. The molecular formula is C20H26ClN3O2. The van der Waals surface area contributed by atoms with Crippen molar-refractivity contribution in [3.05, 3.63) is 46.7 Å². The summed E-state index contributed by atoms with van der Waals surface area (Å²) in [5.74, 6) is 0.832. The van der Waals surface area contributed by atoms with E-state index in [-0.39, 0.29) is 11.8 Å². The van der Waals surface area contributed by atoms with E-state index < -0.39 is 0 Å². The molecular weight excluding hydrogens is 350 g/mol. The molecule has 2 aromatic rings. The Kier molecular flexibility index (Phi) is 6.33. The summed E-state index contributed by atoms with van der Waals surface area (Å²) in [7, 11) is 0. The minimum atomic E-state index is -0.0934. The predicted octanol–water partition coefficient (Wildman–Crippen LogP) is 4.20. The highest BCUT2D eigenvalue weighted by Gasteiger charge is 2.22. The summed E-state index contributed by atoms with van der Waals surface area (Å²) >= 11 is 6.10. The van der Waals surface area contributed by atoms with Gasteiger partial charge in [0.05, 0.1) is 23.1 Å². The van der Waals surface area contributed by atoms with Crippen LogP contribution in [0.5, 0.6) is 0 Å². The Balaban J connectivity index is 1.62. The molecule has 1 aliphatic carbocycles. The van der Waals surface area contributed by atoms with Crippen molar-refractivity contribution >= 4 is 17.5 Å². The molecule has 0 bridgehead atoms. The van der Waals surface area contributed by atoms with Gasteiger partial charge in [-0.25, -0.2) is 4.68 Å². The lowest BCUT2D eigenvalue weighted by Crippen LogP contribution is -2.26. The van der Waals surface area contributed by atoms with Crippen molar-refractivity contribution in [3.63, 3.8) is 0 Å². The van der Waals surface area contributed by atoms with Crippen molar-refractivity contribution in [3.8, 4) is 5.69 Å². The van der Waals surface area contributed by atoms with Crippen molar-refractivity contribution in [2.45, 2.75) is 39.0 Å². The lowest BCUT2D eigenvalue weighted by Gasteiger charge is -2.13. The molecule has 1 aromatic carbocycles. The minimum absolute atomic E-state index is 0.0934. The van der Waals surface area contributed by atoms with E-state index in [0.29, 0.717) is 23.7 Å². The van der Waals surface area contributed by atoms with Gasteiger partial charge in [-0.05, 0) is 49.3 Å². The molecule has 0 saturated heterocycles. The smallest absolute Gasteiger partial charge is 0.254 e. The van der Waals surface area contributed by atoms with E-state index in [1.807, 2.05) is 24.3 Å². The fourth-order valence-electron chi connectivity index (χ4n) is 2.91. The Labute approximate surface area is 159 Å². The van der Waals surface area contributed by atoms with E-state index in [1.54, 1.807) is 10.9 Å². The first-order valence-corrected chi connectivity index (χ1v) is 9.64. The monoisotopic (exact) mass is 375 g/mol. The highest BCUT2D eigenvalue weighted by molar-refractivity contribution is 6.30. The second-order valence-electron chi connectivity index (χ2n) is 7.12. The summed E-state index contributed by atoms with van der Waals surface area (Å²) in [4.78, 5) is 12.6. The molecule has 5 nitrogen and oxygen atoms in total. The molecule has 0 unspecified atom stereocenters. The quantitative estimate of drug-likeness (QED) is 0.668. The molecule has 1 amide bonds. The highest BCUT2D eigenvalue weighted by Crippen LogP contribution is 2.28. The van der Waals surface area contributed by atoms with E-state index in [2.05, 4.69) is 24.3 Å². The maximum Gasteiger partial charge on any atom is 0.254 e. The van der Waals surface area contributed by atoms with Gasteiger partial charge >= 0.3 is 0 Å². The third-order valence-electron chi connectivity index (χ3n) is 4.45. The molecule has 0 spiro atoms. The van der Waals surface area contributed by atoms with Crippen LogP contribution in [0.25, 0.3) is 5.69 Å². The van der Waals surface area contributed by atoms with Crippen LogP contribution in [-0.2, 0) is 4.74 Å². The number of benzene rings is 1. The number of carbonyl (C=O) groups excluding carboxylic acids is 1. The molecule has 1 aliphatic rings. The third kappa shape index (κ3) is 4.86. The van der Waals surface area contributed by atoms with Gasteiger partial charge in [0.2, 0.25) is 0 Å². The van der Waals surface area contributed by atoms with Crippen molar-refractivity contribution in [1.29, 1.82) is 0 Å². The average Bonchev–Trinajstić information content (AvgIpc) is 3.32. The van der Waals surface area contributed by atoms with Crippen LogP contribution >= 0.6 is 11.6 Å². The number of nitrogens with one attached hydrogen (secondary N) is 1. The van der Waals surface area contributed by atoms with Gasteiger partial charge in [-0.15, -0.1) is 0 Å². The molecule has 1 aromatic heterocycles. The second-order valence-corrected chi connectivity index (χ2v) is 7.55. The first-order chi connectivity index (χ1) is 12.6. The number of carbonyl (C=O) groups is 1. The minimum Gasteiger partial charge on any atom is -0.381 e. The van der Waals surface area contributed by atoms with Gasteiger partial charge in [-0.1, -0.05) is 31.5 Å². The van der Waals surface area contributed by atoms with Crippen LogP contribution in [0.15, 0.2) is 30.5 Å². The lowest BCUT2D eigenvalue weighted by molar-refractivity contribution is 0.0936. The van der Waals surface area contributed by atoms with Crippen molar-refractivity contribution in [1.82, 2.24) is 15.1 Å². The van der Waals surface area contributed by atoms with E-state index in [0.717, 1.165) is 30.3 Å². The summed E-state index contributed by atoms with van der Waals surface area (Å²) in [5.41, 5.74) is 2.35. The van der Waals surface area contributed by atoms with Crippen molar-refractivity contribution in [2.24, 2.45) is 5.92 Å². The molecule has 1 N–H and O–H groups in total. The molecule has 3 rings (SSSR count). The molecule has 140 valence electrons. The van der Waals surface area contributed by atoms with E-state index >= 15 is 0 Å². The van der Waals surface area contributed by atoms with Crippen LogP contribution < -0.4 is 5.32 Å². The van der Waals surface area contributed by atoms with Gasteiger partial charge in [0.1, 0.15) is 0 Å². The number of rotatable bonds is 9. The predicted molar refractivity (Wildman–Crippen MR) is 103 cm³/mol. The zero-order valence-corrected chi connectivity index (χ0v) is 16.1. The average molecular weight is 376 g/mol. The summed E-state index contributed by atoms with van der Waals surface area (Å²) in [6.07, 6.45) is 5.05. The number of nitrogens with zero attached hydrogens (tertiary/aromatic N) is 2. The summed E-state index contributed by atoms with van der Waals surface area (Å²) in [5, 5.41) is 8.05. The molecule has 0 aliphatic heterocycles. The molecule has 6 heteroatoms. The molecule has 26 heavy (non-hydrogen) atoms. The standard InChI is InChI=1S/C20H26ClN3O2/c1-14(2)19-18(12-23-24(19)17-6-3-5-16(21)11-17)20(25)22-9-4-10-26-13-15-7-8-15/h3,5-6,11-12,14-15H,4,7-10,13H2,1-2H3,(H,22,25). The first-order valence-electron chi connectivity index (χ1n) is 9.26. The van der Waals surface area contributed by atoms with Gasteiger partial charge in [0.15, 0.2) is 0 Å². The molecule has 1 saturated carbocycles.